The summed E-state index contributed by atoms with van der Waals surface area (Å²) < 4.78 is 5.34. The average Bonchev–Trinajstić information content (AvgIpc) is 2.46. The first-order valence-electron chi connectivity index (χ1n) is 7.40. The number of amidine groups is 1. The largest absolute Gasteiger partial charge is 0.409 e. The second kappa shape index (κ2) is 7.61. The van der Waals surface area contributed by atoms with Gasteiger partial charge in [-0.25, -0.2) is 0 Å². The third-order valence-corrected chi connectivity index (χ3v) is 4.12. The molecule has 0 aliphatic carbocycles. The minimum absolute atomic E-state index is 0.00805. The van der Waals surface area contributed by atoms with Gasteiger partial charge in [0.05, 0.1) is 0 Å². The van der Waals surface area contributed by atoms with Gasteiger partial charge in [0.1, 0.15) is 5.41 Å². The van der Waals surface area contributed by atoms with Crippen LogP contribution in [0.15, 0.2) is 5.16 Å². The van der Waals surface area contributed by atoms with Crippen LogP contribution in [0.5, 0.6) is 0 Å². The molecule has 1 amide bonds. The first-order chi connectivity index (χ1) is 9.89. The Labute approximate surface area is 126 Å². The highest BCUT2D eigenvalue weighted by atomic mass is 16.5. The highest BCUT2D eigenvalue weighted by Crippen LogP contribution is 2.33. The molecule has 21 heavy (non-hydrogen) atoms. The lowest BCUT2D eigenvalue weighted by atomic mass is 9.77. The molecule has 0 saturated carbocycles. The number of carbonyl (C=O) groups excluding carboxylic acids is 1. The maximum absolute atomic E-state index is 13.1. The number of amides is 1. The molecule has 7 nitrogen and oxygen atoms in total. The average molecular weight is 300 g/mol. The van der Waals surface area contributed by atoms with E-state index >= 15 is 0 Å². The van der Waals surface area contributed by atoms with Crippen LogP contribution in [0.3, 0.4) is 0 Å². The van der Waals surface area contributed by atoms with E-state index in [1.165, 1.54) is 0 Å². The van der Waals surface area contributed by atoms with Crippen LogP contribution in [-0.4, -0.2) is 73.2 Å². The molecule has 0 radical (unpaired) electrons. The van der Waals surface area contributed by atoms with Gasteiger partial charge in [-0.3, -0.25) is 4.79 Å². The quantitative estimate of drug-likeness (QED) is 0.319. The lowest BCUT2D eigenvalue weighted by molar-refractivity contribution is -0.144. The van der Waals surface area contributed by atoms with Crippen molar-refractivity contribution < 1.29 is 14.7 Å². The second-order valence-electron chi connectivity index (χ2n) is 5.88. The maximum atomic E-state index is 13.1. The van der Waals surface area contributed by atoms with Crippen molar-refractivity contribution in [3.8, 4) is 0 Å². The molecule has 0 bridgehead atoms. The topological polar surface area (TPSA) is 91.4 Å². The summed E-state index contributed by atoms with van der Waals surface area (Å²) >= 11 is 0. The van der Waals surface area contributed by atoms with Crippen LogP contribution in [0.4, 0.5) is 0 Å². The molecule has 1 saturated heterocycles. The smallest absolute Gasteiger partial charge is 0.236 e. The van der Waals surface area contributed by atoms with Crippen molar-refractivity contribution in [1.29, 1.82) is 0 Å². The van der Waals surface area contributed by atoms with Crippen LogP contribution in [0.1, 0.15) is 26.7 Å². The summed E-state index contributed by atoms with van der Waals surface area (Å²) in [5.74, 6) is -0.0794. The van der Waals surface area contributed by atoms with Crippen molar-refractivity contribution in [2.75, 3.05) is 40.4 Å². The second-order valence-corrected chi connectivity index (χ2v) is 5.88. The number of hydrogen-bond acceptors (Lipinski definition) is 5. The van der Waals surface area contributed by atoms with Crippen LogP contribution in [0, 0.1) is 5.41 Å². The normalized spacial score (nSPS) is 20.3. The minimum atomic E-state index is -0.941. The van der Waals surface area contributed by atoms with E-state index in [4.69, 9.17) is 15.7 Å². The van der Waals surface area contributed by atoms with E-state index in [0.29, 0.717) is 32.6 Å². The Morgan fingerprint density at radius 1 is 1.43 bits per heavy atom. The van der Waals surface area contributed by atoms with Crippen LogP contribution in [0.25, 0.3) is 0 Å². The number of ether oxygens (including phenoxy) is 1. The van der Waals surface area contributed by atoms with E-state index in [-0.39, 0.29) is 17.8 Å². The minimum Gasteiger partial charge on any atom is -0.409 e. The van der Waals surface area contributed by atoms with Gasteiger partial charge in [-0.15, -0.1) is 0 Å². The molecule has 1 rings (SSSR count). The first-order valence-corrected chi connectivity index (χ1v) is 7.40. The highest BCUT2D eigenvalue weighted by Gasteiger charge is 2.47. The Morgan fingerprint density at radius 3 is 2.43 bits per heavy atom. The molecule has 1 heterocycles. The van der Waals surface area contributed by atoms with Gasteiger partial charge in [0.15, 0.2) is 5.84 Å². The van der Waals surface area contributed by atoms with E-state index in [9.17, 15) is 4.79 Å². The Hall–Kier alpha value is -1.34. The fraction of sp³-hybridized carbons (Fsp3) is 0.857. The van der Waals surface area contributed by atoms with Gasteiger partial charge < -0.3 is 25.5 Å². The molecule has 0 spiro atoms. The van der Waals surface area contributed by atoms with Crippen molar-refractivity contribution in [1.82, 2.24) is 9.80 Å². The summed E-state index contributed by atoms with van der Waals surface area (Å²) in [5.41, 5.74) is 4.92. The fourth-order valence-electron chi connectivity index (χ4n) is 2.95. The van der Waals surface area contributed by atoms with Crippen LogP contribution in [0.2, 0.25) is 0 Å². The van der Waals surface area contributed by atoms with Crippen molar-refractivity contribution in [3.63, 3.8) is 0 Å². The predicted molar refractivity (Wildman–Crippen MR) is 81.3 cm³/mol. The molecule has 7 heteroatoms. The number of rotatable bonds is 6. The maximum Gasteiger partial charge on any atom is 0.236 e. The molecule has 0 aromatic heterocycles. The molecule has 0 aromatic rings. The number of oxime groups is 1. The van der Waals surface area contributed by atoms with Gasteiger partial charge in [0.25, 0.3) is 0 Å². The Balaban J connectivity index is 3.03. The van der Waals surface area contributed by atoms with Gasteiger partial charge in [0, 0.05) is 32.3 Å². The zero-order valence-electron chi connectivity index (χ0n) is 13.5. The van der Waals surface area contributed by atoms with E-state index in [1.54, 1.807) is 0 Å². The van der Waals surface area contributed by atoms with Crippen LogP contribution < -0.4 is 5.73 Å². The molecule has 3 N–H and O–H groups in total. The Bertz CT molecular complexity index is 378. The molecule has 1 unspecified atom stereocenters. The van der Waals surface area contributed by atoms with Crippen molar-refractivity contribution in [3.05, 3.63) is 0 Å². The highest BCUT2D eigenvalue weighted by molar-refractivity contribution is 6.06. The molecule has 122 valence electrons. The number of hydrogen-bond donors (Lipinski definition) is 2. The van der Waals surface area contributed by atoms with Crippen LogP contribution in [-0.2, 0) is 9.53 Å². The van der Waals surface area contributed by atoms with Gasteiger partial charge in [-0.1, -0.05) is 5.16 Å². The molecule has 1 atom stereocenters. The summed E-state index contributed by atoms with van der Waals surface area (Å²) in [4.78, 5) is 16.9. The molecule has 1 aliphatic rings. The van der Waals surface area contributed by atoms with Crippen molar-refractivity contribution in [2.45, 2.75) is 32.7 Å². The Kier molecular flexibility index (Phi) is 6.42. The predicted octanol–water partition coefficient (Wildman–Crippen LogP) is 0.328. The standard InChI is InChI=1S/C14H28N4O3/c1-5-18(11(2)10-17(3)4)13(19)14(12(15)16-20)6-8-21-9-7-14/h11,20H,5-10H2,1-4H3,(H2,15,16). The SMILES string of the molecule is CCN(C(=O)C1(C(N)=NO)CCOCC1)C(C)CN(C)C. The van der Waals surface area contributed by atoms with E-state index in [1.807, 2.05) is 37.7 Å². The summed E-state index contributed by atoms with van der Waals surface area (Å²) in [7, 11) is 3.95. The number of carbonyl (C=O) groups is 1. The number of likely N-dealkylation sites (N-methyl/N-ethyl adjacent to an activating group) is 2. The monoisotopic (exact) mass is 300 g/mol. The third-order valence-electron chi connectivity index (χ3n) is 4.12. The van der Waals surface area contributed by atoms with Crippen molar-refractivity contribution in [2.24, 2.45) is 16.3 Å². The van der Waals surface area contributed by atoms with E-state index in [0.717, 1.165) is 6.54 Å². The van der Waals surface area contributed by atoms with Crippen molar-refractivity contribution >= 4 is 11.7 Å². The summed E-state index contributed by atoms with van der Waals surface area (Å²) in [6, 6.07) is 0.0590. The lowest BCUT2D eigenvalue weighted by Gasteiger charge is -2.41. The fourth-order valence-corrected chi connectivity index (χ4v) is 2.95. The number of nitrogens with zero attached hydrogens (tertiary/aromatic N) is 3. The Morgan fingerprint density at radius 2 is 2.00 bits per heavy atom. The van der Waals surface area contributed by atoms with E-state index < -0.39 is 5.41 Å². The number of nitrogens with two attached hydrogens (primary N) is 1. The zero-order valence-corrected chi connectivity index (χ0v) is 13.5. The first kappa shape index (κ1) is 17.7. The van der Waals surface area contributed by atoms with Crippen LogP contribution >= 0.6 is 0 Å². The molecular formula is C14H28N4O3. The van der Waals surface area contributed by atoms with Gasteiger partial charge in [-0.2, -0.15) is 0 Å². The summed E-state index contributed by atoms with van der Waals surface area (Å²) in [6.07, 6.45) is 0.903. The summed E-state index contributed by atoms with van der Waals surface area (Å²) in [6.45, 7) is 6.21. The van der Waals surface area contributed by atoms with E-state index in [2.05, 4.69) is 5.16 Å². The lowest BCUT2D eigenvalue weighted by Crippen LogP contribution is -2.57. The zero-order chi connectivity index (χ0) is 16.0. The van der Waals surface area contributed by atoms with Gasteiger partial charge in [0.2, 0.25) is 5.91 Å². The molecule has 1 fully saturated rings. The molecular weight excluding hydrogens is 272 g/mol. The van der Waals surface area contributed by atoms with Gasteiger partial charge >= 0.3 is 0 Å². The third kappa shape index (κ3) is 3.85. The molecule has 1 aliphatic heterocycles. The summed E-state index contributed by atoms with van der Waals surface area (Å²) in [5, 5.41) is 12.2. The van der Waals surface area contributed by atoms with Gasteiger partial charge in [-0.05, 0) is 40.8 Å². The molecule has 0 aromatic carbocycles.